The summed E-state index contributed by atoms with van der Waals surface area (Å²) in [6.45, 7) is 12.4. The number of carbonyl (C=O) groups is 5. The van der Waals surface area contributed by atoms with E-state index in [2.05, 4.69) is 18.8 Å². The minimum Gasteiger partial charge on any atom is -0.465 e. The van der Waals surface area contributed by atoms with Gasteiger partial charge in [-0.25, -0.2) is 4.79 Å². The second-order valence-electron chi connectivity index (χ2n) is 11.1. The van der Waals surface area contributed by atoms with Gasteiger partial charge in [0.25, 0.3) is 0 Å². The van der Waals surface area contributed by atoms with Crippen LogP contribution in [0.5, 0.6) is 0 Å². The first-order valence-corrected chi connectivity index (χ1v) is 13.1. The Hall–Kier alpha value is -3.17. The Balaban J connectivity index is 1.84. The smallest absolute Gasteiger partial charge is 0.337 e. The number of hydrogen-bond acceptors (Lipinski definition) is 9. The minimum absolute atomic E-state index is 0.00666. The van der Waals surface area contributed by atoms with E-state index >= 15 is 0 Å². The summed E-state index contributed by atoms with van der Waals surface area (Å²) < 4.78 is 21.8. The summed E-state index contributed by atoms with van der Waals surface area (Å²) in [6, 6.07) is 0. The number of ether oxygens (including phenoxy) is 4. The summed E-state index contributed by atoms with van der Waals surface area (Å²) in [4.78, 5) is 59.3. The number of allylic oxidation sites excluding steroid dienone is 2. The molecule has 3 rings (SSSR count). The Morgan fingerprint density at radius 2 is 1.82 bits per heavy atom. The zero-order valence-corrected chi connectivity index (χ0v) is 22.9. The number of amides is 1. The molecule has 1 saturated heterocycles. The molecule has 10 heteroatoms. The van der Waals surface area contributed by atoms with Crippen LogP contribution in [0.2, 0.25) is 0 Å². The third kappa shape index (κ3) is 6.27. The maximum absolute atomic E-state index is 12.5. The highest BCUT2D eigenvalue weighted by molar-refractivity contribution is 5.92. The van der Waals surface area contributed by atoms with E-state index in [0.717, 1.165) is 24.8 Å². The van der Waals surface area contributed by atoms with Crippen molar-refractivity contribution >= 4 is 29.8 Å². The first-order chi connectivity index (χ1) is 17.8. The summed E-state index contributed by atoms with van der Waals surface area (Å²) >= 11 is 0. The number of nitrogens with one attached hydrogen (secondary N) is 1. The molecule has 6 atom stereocenters. The van der Waals surface area contributed by atoms with Crippen LogP contribution in [0.1, 0.15) is 66.7 Å². The van der Waals surface area contributed by atoms with Crippen LogP contribution in [-0.2, 0) is 42.9 Å². The second kappa shape index (κ2) is 11.7. The van der Waals surface area contributed by atoms with Gasteiger partial charge in [-0.2, -0.15) is 0 Å². The molecule has 1 amide bonds. The van der Waals surface area contributed by atoms with Gasteiger partial charge in [0, 0.05) is 26.2 Å². The van der Waals surface area contributed by atoms with Gasteiger partial charge >= 0.3 is 23.9 Å². The van der Waals surface area contributed by atoms with Crippen LogP contribution in [0.15, 0.2) is 23.8 Å². The molecule has 210 valence electrons. The van der Waals surface area contributed by atoms with Crippen molar-refractivity contribution in [1.29, 1.82) is 0 Å². The van der Waals surface area contributed by atoms with Gasteiger partial charge in [-0.1, -0.05) is 32.1 Å². The van der Waals surface area contributed by atoms with Crippen LogP contribution in [0, 0.1) is 22.7 Å². The van der Waals surface area contributed by atoms with E-state index in [1.165, 1.54) is 20.8 Å². The predicted molar refractivity (Wildman–Crippen MR) is 135 cm³/mol. The zero-order valence-electron chi connectivity index (χ0n) is 22.9. The summed E-state index contributed by atoms with van der Waals surface area (Å²) in [6.07, 6.45) is 3.94. The van der Waals surface area contributed by atoms with Crippen molar-refractivity contribution in [2.45, 2.75) is 78.9 Å². The van der Waals surface area contributed by atoms with Crippen molar-refractivity contribution in [3.05, 3.63) is 23.8 Å². The number of cyclic esters (lactones) is 1. The highest BCUT2D eigenvalue weighted by atomic mass is 16.6. The molecule has 0 aromatic heterocycles. The van der Waals surface area contributed by atoms with E-state index < -0.39 is 23.5 Å². The fraction of sp³-hybridized carbons (Fsp3) is 0.679. The topological polar surface area (TPSA) is 134 Å². The Morgan fingerprint density at radius 3 is 2.45 bits per heavy atom. The molecule has 0 aromatic carbocycles. The quantitative estimate of drug-likeness (QED) is 0.216. The molecule has 1 heterocycles. The molecule has 38 heavy (non-hydrogen) atoms. The monoisotopic (exact) mass is 533 g/mol. The molecule has 0 unspecified atom stereocenters. The third-order valence-corrected chi connectivity index (χ3v) is 8.49. The number of carbonyl (C=O) groups excluding carboxylic acids is 5. The van der Waals surface area contributed by atoms with E-state index in [4.69, 9.17) is 18.9 Å². The van der Waals surface area contributed by atoms with Crippen molar-refractivity contribution in [3.8, 4) is 0 Å². The molecule has 0 aromatic rings. The number of rotatable bonds is 8. The first kappa shape index (κ1) is 29.4. The largest absolute Gasteiger partial charge is 0.465 e. The normalized spacial score (nSPS) is 33.7. The fourth-order valence-corrected chi connectivity index (χ4v) is 6.66. The Bertz CT molecular complexity index is 1030. The van der Waals surface area contributed by atoms with Gasteiger partial charge in [-0.15, -0.1) is 0 Å². The van der Waals surface area contributed by atoms with Gasteiger partial charge in [0.15, 0.2) is 6.10 Å². The van der Waals surface area contributed by atoms with Crippen LogP contribution in [0.25, 0.3) is 0 Å². The van der Waals surface area contributed by atoms with E-state index in [1.807, 2.05) is 6.92 Å². The highest BCUT2D eigenvalue weighted by Gasteiger charge is 2.59. The lowest BCUT2D eigenvalue weighted by atomic mass is 9.46. The molecule has 0 radical (unpaired) electrons. The standard InChI is InChI=1S/C28H39NO9/c1-16-7-10-23-27(5,12-11-24(37-19(4)32)28(23,6)15-36-18(3)31)21(16)9-8-20-22(14-35-26(20)34)38-25(33)13-29-17(2)30/h8,21-24H,1,7,9-15H2,2-6H3,(H,29,30)/b20-8+/t21-,22-,23+,24-,27+,28+/m1/s1. The lowest BCUT2D eigenvalue weighted by molar-refractivity contribution is -0.191. The number of esters is 4. The van der Waals surface area contributed by atoms with E-state index in [1.54, 1.807) is 6.08 Å². The number of fused-ring (bicyclic) bond motifs is 1. The van der Waals surface area contributed by atoms with Crippen LogP contribution < -0.4 is 5.32 Å². The summed E-state index contributed by atoms with van der Waals surface area (Å²) in [5.74, 6) is -2.26. The van der Waals surface area contributed by atoms with Crippen molar-refractivity contribution in [3.63, 3.8) is 0 Å². The summed E-state index contributed by atoms with van der Waals surface area (Å²) in [5.41, 5.74) is 0.477. The maximum Gasteiger partial charge on any atom is 0.337 e. The lowest BCUT2D eigenvalue weighted by Crippen LogP contribution is -2.58. The van der Waals surface area contributed by atoms with Gasteiger partial charge in [-0.3, -0.25) is 19.2 Å². The average Bonchev–Trinajstić information content (AvgIpc) is 3.16. The van der Waals surface area contributed by atoms with Gasteiger partial charge < -0.3 is 24.3 Å². The first-order valence-electron chi connectivity index (χ1n) is 13.1. The van der Waals surface area contributed by atoms with Gasteiger partial charge in [0.05, 0.1) is 5.57 Å². The Labute approximate surface area is 223 Å². The van der Waals surface area contributed by atoms with Gasteiger partial charge in [-0.05, 0) is 49.4 Å². The van der Waals surface area contributed by atoms with Crippen LogP contribution >= 0.6 is 0 Å². The van der Waals surface area contributed by atoms with Crippen molar-refractivity contribution < 1.29 is 42.9 Å². The molecule has 2 saturated carbocycles. The summed E-state index contributed by atoms with van der Waals surface area (Å²) in [7, 11) is 0. The molecule has 2 aliphatic carbocycles. The molecule has 0 spiro atoms. The SMILES string of the molecule is C=C1CC[C@@H]2[C@](C)(COC(C)=O)[C@H](OC(C)=O)CC[C@@]2(C)[C@@H]1C/C=C1/C(=O)OC[C@H]1OC(=O)CNC(C)=O. The molecular weight excluding hydrogens is 494 g/mol. The minimum atomic E-state index is -0.849. The van der Waals surface area contributed by atoms with Crippen LogP contribution in [-0.4, -0.2) is 61.8 Å². The molecule has 1 aliphatic heterocycles. The Kier molecular flexibility index (Phi) is 9.05. The van der Waals surface area contributed by atoms with Crippen molar-refractivity contribution in [1.82, 2.24) is 5.32 Å². The van der Waals surface area contributed by atoms with E-state index in [9.17, 15) is 24.0 Å². The van der Waals surface area contributed by atoms with E-state index in [-0.39, 0.29) is 66.5 Å². The van der Waals surface area contributed by atoms with Gasteiger partial charge in [0.1, 0.15) is 25.9 Å². The van der Waals surface area contributed by atoms with Crippen LogP contribution in [0.4, 0.5) is 0 Å². The lowest BCUT2D eigenvalue weighted by Gasteiger charge is -2.60. The molecular formula is C28H39NO9. The number of hydrogen-bond donors (Lipinski definition) is 1. The maximum atomic E-state index is 12.5. The zero-order chi connectivity index (χ0) is 28.3. The predicted octanol–water partition coefficient (Wildman–Crippen LogP) is 2.79. The molecule has 3 fully saturated rings. The molecule has 0 bridgehead atoms. The highest BCUT2D eigenvalue weighted by Crippen LogP contribution is 2.62. The van der Waals surface area contributed by atoms with Crippen molar-refractivity contribution in [2.75, 3.05) is 19.8 Å². The summed E-state index contributed by atoms with van der Waals surface area (Å²) in [5, 5.41) is 2.38. The average molecular weight is 534 g/mol. The van der Waals surface area contributed by atoms with Crippen LogP contribution in [0.3, 0.4) is 0 Å². The third-order valence-electron chi connectivity index (χ3n) is 8.49. The molecule has 1 N–H and O–H groups in total. The van der Waals surface area contributed by atoms with Crippen molar-refractivity contribution in [2.24, 2.45) is 22.7 Å². The molecule has 3 aliphatic rings. The molecule has 10 nitrogen and oxygen atoms in total. The van der Waals surface area contributed by atoms with E-state index in [0.29, 0.717) is 12.8 Å². The van der Waals surface area contributed by atoms with Gasteiger partial charge in [0.2, 0.25) is 5.91 Å². The fourth-order valence-electron chi connectivity index (χ4n) is 6.66. The second-order valence-corrected chi connectivity index (χ2v) is 11.1. The Morgan fingerprint density at radius 1 is 1.11 bits per heavy atom.